The van der Waals surface area contributed by atoms with Crippen molar-refractivity contribution < 1.29 is 0 Å². The Morgan fingerprint density at radius 3 is 2.63 bits per heavy atom. The third kappa shape index (κ3) is 4.05. The van der Waals surface area contributed by atoms with Gasteiger partial charge < -0.3 is 10.2 Å². The number of likely N-dealkylation sites (tertiary alicyclic amines) is 1. The molecule has 0 aliphatic carbocycles. The van der Waals surface area contributed by atoms with Crippen LogP contribution in [0.3, 0.4) is 0 Å². The fraction of sp³-hybridized carbons (Fsp3) is 0.647. The molecule has 2 unspecified atom stereocenters. The highest BCUT2D eigenvalue weighted by Crippen LogP contribution is 2.21. The van der Waals surface area contributed by atoms with Gasteiger partial charge >= 0.3 is 0 Å². The van der Waals surface area contributed by atoms with Gasteiger partial charge in [0.15, 0.2) is 0 Å². The third-order valence-corrected chi connectivity index (χ3v) is 4.33. The van der Waals surface area contributed by atoms with E-state index < -0.39 is 0 Å². The molecule has 0 saturated carbocycles. The summed E-state index contributed by atoms with van der Waals surface area (Å²) in [7, 11) is 0. The lowest BCUT2D eigenvalue weighted by Crippen LogP contribution is -2.31. The monoisotopic (exact) mass is 260 g/mol. The van der Waals surface area contributed by atoms with Crippen LogP contribution in [0.4, 0.5) is 0 Å². The predicted molar refractivity (Wildman–Crippen MR) is 82.5 cm³/mol. The van der Waals surface area contributed by atoms with Crippen molar-refractivity contribution in [2.24, 2.45) is 0 Å². The molecule has 2 heteroatoms. The van der Waals surface area contributed by atoms with Gasteiger partial charge in [0.1, 0.15) is 0 Å². The van der Waals surface area contributed by atoms with Gasteiger partial charge in [-0.15, -0.1) is 0 Å². The molecule has 1 aliphatic heterocycles. The maximum absolute atomic E-state index is 3.63. The smallest absolute Gasteiger partial charge is 0.0332 e. The van der Waals surface area contributed by atoms with E-state index in [1.807, 2.05) is 0 Å². The number of nitrogens with one attached hydrogen (secondary N) is 1. The lowest BCUT2D eigenvalue weighted by molar-refractivity contribution is 0.252. The molecule has 1 aromatic carbocycles. The highest BCUT2D eigenvalue weighted by Gasteiger charge is 2.21. The SMILES string of the molecule is CCNC(CCN1CCCC1C)c1ccc(C)cc1. The van der Waals surface area contributed by atoms with Gasteiger partial charge in [0, 0.05) is 18.6 Å². The highest BCUT2D eigenvalue weighted by atomic mass is 15.2. The summed E-state index contributed by atoms with van der Waals surface area (Å²) >= 11 is 0. The molecule has 1 aromatic rings. The molecular weight excluding hydrogens is 232 g/mol. The van der Waals surface area contributed by atoms with Crippen molar-refractivity contribution in [1.29, 1.82) is 0 Å². The molecule has 1 aliphatic rings. The van der Waals surface area contributed by atoms with E-state index in [2.05, 4.69) is 55.3 Å². The summed E-state index contributed by atoms with van der Waals surface area (Å²) in [6.07, 6.45) is 3.95. The van der Waals surface area contributed by atoms with E-state index >= 15 is 0 Å². The third-order valence-electron chi connectivity index (χ3n) is 4.33. The summed E-state index contributed by atoms with van der Waals surface area (Å²) in [5.74, 6) is 0. The maximum Gasteiger partial charge on any atom is 0.0332 e. The Hall–Kier alpha value is -0.860. The van der Waals surface area contributed by atoms with E-state index in [0.29, 0.717) is 6.04 Å². The molecule has 0 bridgehead atoms. The Kier molecular flexibility index (Phi) is 5.41. The zero-order valence-electron chi connectivity index (χ0n) is 12.7. The van der Waals surface area contributed by atoms with Crippen molar-refractivity contribution in [3.05, 3.63) is 35.4 Å². The van der Waals surface area contributed by atoms with E-state index in [4.69, 9.17) is 0 Å². The van der Waals surface area contributed by atoms with Crippen molar-refractivity contribution in [3.63, 3.8) is 0 Å². The molecule has 0 amide bonds. The minimum absolute atomic E-state index is 0.499. The zero-order valence-corrected chi connectivity index (χ0v) is 12.7. The fourth-order valence-electron chi connectivity index (χ4n) is 3.05. The molecule has 2 nitrogen and oxygen atoms in total. The molecule has 1 N–H and O–H groups in total. The lowest BCUT2D eigenvalue weighted by atomic mass is 10.0. The summed E-state index contributed by atoms with van der Waals surface area (Å²) < 4.78 is 0. The first-order chi connectivity index (χ1) is 9.20. The predicted octanol–water partition coefficient (Wildman–Crippen LogP) is 3.52. The molecule has 1 fully saturated rings. The largest absolute Gasteiger partial charge is 0.310 e. The number of rotatable bonds is 6. The summed E-state index contributed by atoms with van der Waals surface area (Å²) in [5.41, 5.74) is 2.77. The van der Waals surface area contributed by atoms with Crippen molar-refractivity contribution in [1.82, 2.24) is 10.2 Å². The van der Waals surface area contributed by atoms with Crippen LogP contribution in [0.15, 0.2) is 24.3 Å². The molecule has 106 valence electrons. The average Bonchev–Trinajstić information content (AvgIpc) is 2.81. The Labute approximate surface area is 118 Å². The average molecular weight is 260 g/mol. The summed E-state index contributed by atoms with van der Waals surface area (Å²) in [6.45, 7) is 10.2. The molecular formula is C17H28N2. The molecule has 2 rings (SSSR count). The normalized spacial score (nSPS) is 21.7. The van der Waals surface area contributed by atoms with E-state index in [0.717, 1.165) is 12.6 Å². The van der Waals surface area contributed by atoms with E-state index in [1.165, 1.54) is 43.5 Å². The van der Waals surface area contributed by atoms with Gasteiger partial charge in [0.25, 0.3) is 0 Å². The maximum atomic E-state index is 3.63. The molecule has 0 spiro atoms. The number of benzene rings is 1. The number of hydrogen-bond acceptors (Lipinski definition) is 2. The second kappa shape index (κ2) is 7.06. The molecule has 1 saturated heterocycles. The minimum Gasteiger partial charge on any atom is -0.310 e. The summed E-state index contributed by atoms with van der Waals surface area (Å²) in [4.78, 5) is 2.64. The van der Waals surface area contributed by atoms with Crippen LogP contribution in [-0.2, 0) is 0 Å². The van der Waals surface area contributed by atoms with Crippen molar-refractivity contribution in [2.45, 2.75) is 52.1 Å². The van der Waals surface area contributed by atoms with Gasteiger partial charge in [0.05, 0.1) is 0 Å². The van der Waals surface area contributed by atoms with E-state index in [-0.39, 0.29) is 0 Å². The van der Waals surface area contributed by atoms with Crippen LogP contribution >= 0.6 is 0 Å². The lowest BCUT2D eigenvalue weighted by Gasteiger charge is -2.25. The highest BCUT2D eigenvalue weighted by molar-refractivity contribution is 5.24. The topological polar surface area (TPSA) is 15.3 Å². The Morgan fingerprint density at radius 1 is 1.32 bits per heavy atom. The second-order valence-electron chi connectivity index (χ2n) is 5.84. The van der Waals surface area contributed by atoms with E-state index in [1.54, 1.807) is 0 Å². The summed E-state index contributed by atoms with van der Waals surface area (Å²) in [5, 5.41) is 3.63. The standard InChI is InChI=1S/C17H28N2/c1-4-18-17(16-9-7-14(2)8-10-16)11-13-19-12-5-6-15(19)3/h7-10,15,17-18H,4-6,11-13H2,1-3H3. The molecule has 0 radical (unpaired) electrons. The van der Waals surface area contributed by atoms with Crippen molar-refractivity contribution >= 4 is 0 Å². The van der Waals surface area contributed by atoms with Crippen molar-refractivity contribution in [2.75, 3.05) is 19.6 Å². The van der Waals surface area contributed by atoms with Crippen LogP contribution < -0.4 is 5.32 Å². The molecule has 19 heavy (non-hydrogen) atoms. The second-order valence-corrected chi connectivity index (χ2v) is 5.84. The number of hydrogen-bond donors (Lipinski definition) is 1. The fourth-order valence-corrected chi connectivity index (χ4v) is 3.05. The van der Waals surface area contributed by atoms with Crippen LogP contribution in [-0.4, -0.2) is 30.6 Å². The summed E-state index contributed by atoms with van der Waals surface area (Å²) in [6, 6.07) is 10.3. The Morgan fingerprint density at radius 2 is 2.05 bits per heavy atom. The first-order valence-electron chi connectivity index (χ1n) is 7.74. The van der Waals surface area contributed by atoms with E-state index in [9.17, 15) is 0 Å². The van der Waals surface area contributed by atoms with Crippen LogP contribution in [0.25, 0.3) is 0 Å². The van der Waals surface area contributed by atoms with Crippen LogP contribution in [0.2, 0.25) is 0 Å². The Balaban J connectivity index is 1.93. The molecule has 2 atom stereocenters. The van der Waals surface area contributed by atoms with Gasteiger partial charge in [-0.25, -0.2) is 0 Å². The first kappa shape index (κ1) is 14.5. The Bertz CT molecular complexity index is 371. The zero-order chi connectivity index (χ0) is 13.7. The van der Waals surface area contributed by atoms with Crippen LogP contribution in [0.1, 0.15) is 50.3 Å². The molecule has 0 aromatic heterocycles. The van der Waals surface area contributed by atoms with Gasteiger partial charge in [0.2, 0.25) is 0 Å². The van der Waals surface area contributed by atoms with Crippen LogP contribution in [0.5, 0.6) is 0 Å². The minimum atomic E-state index is 0.499. The number of aryl methyl sites for hydroxylation is 1. The first-order valence-corrected chi connectivity index (χ1v) is 7.74. The molecule has 1 heterocycles. The van der Waals surface area contributed by atoms with Gasteiger partial charge in [-0.1, -0.05) is 36.8 Å². The van der Waals surface area contributed by atoms with Gasteiger partial charge in [-0.2, -0.15) is 0 Å². The van der Waals surface area contributed by atoms with Gasteiger partial charge in [-0.05, 0) is 51.8 Å². The van der Waals surface area contributed by atoms with Crippen molar-refractivity contribution in [3.8, 4) is 0 Å². The number of nitrogens with zero attached hydrogens (tertiary/aromatic N) is 1. The van der Waals surface area contributed by atoms with Gasteiger partial charge in [-0.3, -0.25) is 0 Å². The quantitative estimate of drug-likeness (QED) is 0.842. The van der Waals surface area contributed by atoms with Crippen LogP contribution in [0, 0.1) is 6.92 Å².